The Kier molecular flexibility index (Phi) is 8.96. The second-order valence-corrected chi connectivity index (χ2v) is 7.30. The highest BCUT2D eigenvalue weighted by Crippen LogP contribution is 2.38. The third-order valence-electron chi connectivity index (χ3n) is 5.12. The number of hydrogen-bond acceptors (Lipinski definition) is 5. The molecule has 32 heavy (non-hydrogen) atoms. The highest BCUT2D eigenvalue weighted by molar-refractivity contribution is 5.79. The van der Waals surface area contributed by atoms with Gasteiger partial charge in [-0.3, -0.25) is 0 Å². The van der Waals surface area contributed by atoms with Crippen LogP contribution in [0.5, 0.6) is 17.2 Å². The zero-order valence-electron chi connectivity index (χ0n) is 19.5. The Hall–Kier alpha value is -3.19. The summed E-state index contributed by atoms with van der Waals surface area (Å²) in [4.78, 5) is 2.08. The van der Waals surface area contributed by atoms with Crippen LogP contribution in [0.4, 0.5) is 5.69 Å². The maximum atomic E-state index is 5.48. The highest BCUT2D eigenvalue weighted by Gasteiger charge is 2.18. The molecule has 0 fully saturated rings. The number of imidazole rings is 1. The quantitative estimate of drug-likeness (QED) is 0.343. The molecule has 3 aromatic rings. The second kappa shape index (κ2) is 11.4. The Labute approximate surface area is 196 Å². The van der Waals surface area contributed by atoms with Gasteiger partial charge in [0.1, 0.15) is 12.7 Å². The standard InChI is InChI=1S/C24H31N4O3.ClH/c1-7-23-27(17-19-14-21(29-4)24(31-6)22(15-19)30-5)12-13-28(23)25-16-18-8-10-20(11-9-18)26(2)3;/h8-16H,7,17H2,1-6H3;1H/q+1;/p-1. The molecule has 0 spiro atoms. The number of hydrogen-bond donors (Lipinski definition) is 0. The maximum absolute atomic E-state index is 5.48. The minimum Gasteiger partial charge on any atom is -1.00 e. The van der Waals surface area contributed by atoms with E-state index in [9.17, 15) is 0 Å². The lowest BCUT2D eigenvalue weighted by molar-refractivity contribution is -0.685. The van der Waals surface area contributed by atoms with Gasteiger partial charge in [0.25, 0.3) is 5.82 Å². The third-order valence-corrected chi connectivity index (χ3v) is 5.12. The Bertz CT molecular complexity index is 1020. The molecule has 2 aromatic carbocycles. The van der Waals surface area contributed by atoms with E-state index in [1.807, 2.05) is 49.5 Å². The van der Waals surface area contributed by atoms with Crippen LogP contribution < -0.4 is 36.2 Å². The van der Waals surface area contributed by atoms with E-state index in [1.165, 1.54) is 0 Å². The molecule has 0 aliphatic heterocycles. The number of ether oxygens (including phenoxy) is 3. The molecule has 0 radical (unpaired) electrons. The van der Waals surface area contributed by atoms with Crippen LogP contribution in [0.25, 0.3) is 0 Å². The van der Waals surface area contributed by atoms with Gasteiger partial charge < -0.3 is 31.5 Å². The van der Waals surface area contributed by atoms with Gasteiger partial charge >= 0.3 is 0 Å². The molecule has 0 aliphatic carbocycles. The van der Waals surface area contributed by atoms with Gasteiger partial charge in [-0.2, -0.15) is 0 Å². The molecule has 0 saturated heterocycles. The molecule has 0 atom stereocenters. The number of aromatic nitrogens is 2. The molecular weight excluding hydrogens is 428 g/mol. The van der Waals surface area contributed by atoms with Crippen molar-refractivity contribution < 1.29 is 31.3 Å². The lowest BCUT2D eigenvalue weighted by Gasteiger charge is -2.13. The Morgan fingerprint density at radius 3 is 2.12 bits per heavy atom. The summed E-state index contributed by atoms with van der Waals surface area (Å²) in [5.41, 5.74) is 3.27. The van der Waals surface area contributed by atoms with E-state index in [1.54, 1.807) is 21.3 Å². The molecule has 1 aromatic heterocycles. The molecule has 0 amide bonds. The van der Waals surface area contributed by atoms with E-state index in [0.717, 1.165) is 29.1 Å². The van der Waals surface area contributed by atoms with Crippen LogP contribution in [0.3, 0.4) is 0 Å². The van der Waals surface area contributed by atoms with Gasteiger partial charge in [0.2, 0.25) is 5.75 Å². The first kappa shape index (κ1) is 25.1. The normalized spacial score (nSPS) is 10.7. The van der Waals surface area contributed by atoms with Gasteiger partial charge in [0, 0.05) is 31.8 Å². The highest BCUT2D eigenvalue weighted by atomic mass is 35.5. The number of rotatable bonds is 9. The topological polar surface area (TPSA) is 52.1 Å². The molecular formula is C24H31ClN4O3. The summed E-state index contributed by atoms with van der Waals surface area (Å²) in [6, 6.07) is 12.3. The van der Waals surface area contributed by atoms with E-state index >= 15 is 0 Å². The molecule has 0 N–H and O–H groups in total. The summed E-state index contributed by atoms with van der Waals surface area (Å²) in [6.45, 7) is 2.79. The first-order valence-corrected chi connectivity index (χ1v) is 10.2. The molecule has 3 rings (SSSR count). The largest absolute Gasteiger partial charge is 1.00 e. The fraction of sp³-hybridized carbons (Fsp3) is 0.333. The Morgan fingerprint density at radius 1 is 1.00 bits per heavy atom. The van der Waals surface area contributed by atoms with Crippen molar-refractivity contribution in [3.05, 3.63) is 65.7 Å². The number of methoxy groups -OCH3 is 3. The van der Waals surface area contributed by atoms with Crippen LogP contribution in [-0.2, 0) is 13.0 Å². The summed E-state index contributed by atoms with van der Waals surface area (Å²) < 4.78 is 20.5. The van der Waals surface area contributed by atoms with Crippen LogP contribution >= 0.6 is 0 Å². The Balaban J connectivity index is 0.00000363. The zero-order chi connectivity index (χ0) is 22.4. The second-order valence-electron chi connectivity index (χ2n) is 7.30. The average molecular weight is 459 g/mol. The van der Waals surface area contributed by atoms with Gasteiger partial charge in [-0.15, -0.1) is 4.68 Å². The molecule has 0 saturated carbocycles. The summed E-state index contributed by atoms with van der Waals surface area (Å²) in [6.07, 6.45) is 6.73. The minimum absolute atomic E-state index is 0. The predicted molar refractivity (Wildman–Crippen MR) is 123 cm³/mol. The summed E-state index contributed by atoms with van der Waals surface area (Å²) >= 11 is 0. The lowest BCUT2D eigenvalue weighted by atomic mass is 10.1. The van der Waals surface area contributed by atoms with Crippen molar-refractivity contribution in [2.24, 2.45) is 5.10 Å². The van der Waals surface area contributed by atoms with Crippen LogP contribution in [-0.4, -0.2) is 46.2 Å². The number of halogens is 1. The van der Waals surface area contributed by atoms with Crippen molar-refractivity contribution in [2.45, 2.75) is 19.9 Å². The van der Waals surface area contributed by atoms with Crippen LogP contribution in [0.1, 0.15) is 23.9 Å². The zero-order valence-corrected chi connectivity index (χ0v) is 20.3. The number of nitrogens with zero attached hydrogens (tertiary/aromatic N) is 4. The third kappa shape index (κ3) is 5.53. The predicted octanol–water partition coefficient (Wildman–Crippen LogP) is 0.364. The summed E-state index contributed by atoms with van der Waals surface area (Å²) in [5.74, 6) is 2.98. The fourth-order valence-corrected chi connectivity index (χ4v) is 3.47. The Morgan fingerprint density at radius 2 is 1.62 bits per heavy atom. The maximum Gasteiger partial charge on any atom is 0.282 e. The van der Waals surface area contributed by atoms with Crippen LogP contribution in [0.2, 0.25) is 0 Å². The first-order chi connectivity index (χ1) is 15.0. The van der Waals surface area contributed by atoms with Crippen LogP contribution in [0, 0.1) is 0 Å². The van der Waals surface area contributed by atoms with Gasteiger partial charge in [0.15, 0.2) is 17.7 Å². The molecule has 172 valence electrons. The van der Waals surface area contributed by atoms with Crippen molar-refractivity contribution in [3.8, 4) is 17.2 Å². The van der Waals surface area contributed by atoms with Crippen LogP contribution in [0.15, 0.2) is 53.9 Å². The molecule has 8 heteroatoms. The van der Waals surface area contributed by atoms with Crippen molar-refractivity contribution in [2.75, 3.05) is 40.3 Å². The van der Waals surface area contributed by atoms with E-state index in [2.05, 4.69) is 45.8 Å². The molecule has 0 aliphatic rings. The number of benzene rings is 2. The SMILES string of the molecule is CCc1n(Cc2cc(OC)c(OC)c(OC)c2)cc[n+]1N=Cc1ccc(N(C)C)cc1.[Cl-]. The molecule has 0 unspecified atom stereocenters. The minimum atomic E-state index is 0. The first-order valence-electron chi connectivity index (χ1n) is 10.2. The van der Waals surface area contributed by atoms with Gasteiger partial charge in [0.05, 0.1) is 27.5 Å². The van der Waals surface area contributed by atoms with Crippen molar-refractivity contribution in [3.63, 3.8) is 0 Å². The van der Waals surface area contributed by atoms with Crippen molar-refractivity contribution >= 4 is 11.9 Å². The van der Waals surface area contributed by atoms with E-state index in [4.69, 9.17) is 14.2 Å². The smallest absolute Gasteiger partial charge is 0.282 e. The van der Waals surface area contributed by atoms with E-state index in [0.29, 0.717) is 23.8 Å². The van der Waals surface area contributed by atoms with E-state index < -0.39 is 0 Å². The fourth-order valence-electron chi connectivity index (χ4n) is 3.47. The molecule has 1 heterocycles. The summed E-state index contributed by atoms with van der Waals surface area (Å²) in [5, 5.41) is 4.67. The number of anilines is 1. The van der Waals surface area contributed by atoms with Crippen molar-refractivity contribution in [1.82, 2.24) is 4.57 Å². The lowest BCUT2D eigenvalue weighted by Crippen LogP contribution is -3.00. The van der Waals surface area contributed by atoms with Gasteiger partial charge in [-0.05, 0) is 29.8 Å². The molecule has 0 bridgehead atoms. The van der Waals surface area contributed by atoms with Gasteiger partial charge in [-0.25, -0.2) is 4.57 Å². The molecule has 7 nitrogen and oxygen atoms in total. The average Bonchev–Trinajstić information content (AvgIpc) is 3.18. The summed E-state index contributed by atoms with van der Waals surface area (Å²) in [7, 11) is 8.92. The van der Waals surface area contributed by atoms with Crippen molar-refractivity contribution in [1.29, 1.82) is 0 Å². The monoisotopic (exact) mass is 458 g/mol. The van der Waals surface area contributed by atoms with E-state index in [-0.39, 0.29) is 12.4 Å². The van der Waals surface area contributed by atoms with Gasteiger partial charge in [-0.1, -0.05) is 24.2 Å².